The molecule has 0 saturated heterocycles. The zero-order valence-corrected chi connectivity index (χ0v) is 11.9. The Morgan fingerprint density at radius 2 is 2.10 bits per heavy atom. The number of hydrogen-bond donors (Lipinski definition) is 2. The monoisotopic (exact) mass is 289 g/mol. The quantitative estimate of drug-likeness (QED) is 0.888. The van der Waals surface area contributed by atoms with Gasteiger partial charge in [0, 0.05) is 6.42 Å². The number of carbonyl (C=O) groups excluding carboxylic acids is 2. The van der Waals surface area contributed by atoms with Crippen molar-refractivity contribution in [2.24, 2.45) is 0 Å². The first-order chi connectivity index (χ1) is 9.69. The van der Waals surface area contributed by atoms with Crippen molar-refractivity contribution in [2.45, 2.75) is 19.8 Å². The number of aromatic nitrogens is 1. The van der Waals surface area contributed by atoms with Crippen LogP contribution in [0.25, 0.3) is 0 Å². The Bertz CT molecular complexity index is 579. The number of pyridine rings is 1. The molecule has 0 radical (unpaired) electrons. The number of rotatable bonds is 5. The second-order valence-electron chi connectivity index (χ2n) is 4.16. The fourth-order valence-electron chi connectivity index (χ4n) is 1.58. The number of nitrogens with one attached hydrogen (secondary N) is 2. The molecule has 0 aliphatic rings. The molecule has 0 bridgehead atoms. The van der Waals surface area contributed by atoms with Gasteiger partial charge in [-0.3, -0.25) is 9.59 Å². The average molecular weight is 289 g/mol. The van der Waals surface area contributed by atoms with Gasteiger partial charge in [0.25, 0.3) is 5.91 Å². The minimum atomic E-state index is -0.185. The lowest BCUT2D eigenvalue weighted by Crippen LogP contribution is -2.13. The van der Waals surface area contributed by atoms with Crippen LogP contribution in [-0.4, -0.2) is 16.8 Å². The Hall–Kier alpha value is -2.21. The molecule has 2 aromatic heterocycles. The van der Waals surface area contributed by atoms with Crippen molar-refractivity contribution in [3.05, 3.63) is 40.7 Å². The number of hydrogen-bond acceptors (Lipinski definition) is 4. The molecule has 104 valence electrons. The summed E-state index contributed by atoms with van der Waals surface area (Å²) in [4.78, 5) is 28.0. The highest BCUT2D eigenvalue weighted by Gasteiger charge is 2.07. The Morgan fingerprint density at radius 1 is 1.25 bits per heavy atom. The zero-order valence-electron chi connectivity index (χ0n) is 11.1. The lowest BCUT2D eigenvalue weighted by atomic mass is 10.3. The average Bonchev–Trinajstić information content (AvgIpc) is 2.95. The summed E-state index contributed by atoms with van der Waals surface area (Å²) in [6.45, 7) is 1.95. The summed E-state index contributed by atoms with van der Waals surface area (Å²) in [7, 11) is 0. The second kappa shape index (κ2) is 6.81. The Kier molecular flexibility index (Phi) is 4.84. The van der Waals surface area contributed by atoms with Gasteiger partial charge in [0.05, 0.1) is 16.8 Å². The van der Waals surface area contributed by atoms with Crippen LogP contribution in [0.5, 0.6) is 0 Å². The van der Waals surface area contributed by atoms with Gasteiger partial charge in [-0.25, -0.2) is 4.98 Å². The molecule has 0 aliphatic heterocycles. The molecular weight excluding hydrogens is 274 g/mol. The third-order valence-corrected chi connectivity index (χ3v) is 3.38. The summed E-state index contributed by atoms with van der Waals surface area (Å²) in [5.41, 5.74) is 0.623. The molecule has 6 heteroatoms. The highest BCUT2D eigenvalue weighted by atomic mass is 32.1. The minimum absolute atomic E-state index is 0.0373. The number of thiophene rings is 1. The molecule has 2 heterocycles. The van der Waals surface area contributed by atoms with E-state index in [-0.39, 0.29) is 11.8 Å². The Balaban J connectivity index is 1.95. The molecule has 0 unspecified atom stereocenters. The highest BCUT2D eigenvalue weighted by Crippen LogP contribution is 2.13. The standard InChI is InChI=1S/C14H15N3O2S/c1-2-4-13(18)16-10-6-7-12(15-9-10)17-14(19)11-5-3-8-20-11/h3,5-9H,2,4H2,1H3,(H,16,18)(H,15,17,19). The summed E-state index contributed by atoms with van der Waals surface area (Å²) < 4.78 is 0. The van der Waals surface area contributed by atoms with Crippen LogP contribution in [0.15, 0.2) is 35.8 Å². The first-order valence-corrected chi connectivity index (χ1v) is 7.17. The molecule has 20 heavy (non-hydrogen) atoms. The van der Waals surface area contributed by atoms with Gasteiger partial charge in [0.2, 0.25) is 5.91 Å². The van der Waals surface area contributed by atoms with E-state index in [0.717, 1.165) is 6.42 Å². The van der Waals surface area contributed by atoms with E-state index in [4.69, 9.17) is 0 Å². The molecule has 0 aromatic carbocycles. The van der Waals surface area contributed by atoms with Crippen molar-refractivity contribution in [1.82, 2.24) is 4.98 Å². The summed E-state index contributed by atoms with van der Waals surface area (Å²) in [5.74, 6) is 0.233. The molecule has 2 aromatic rings. The topological polar surface area (TPSA) is 71.1 Å². The number of nitrogens with zero attached hydrogens (tertiary/aromatic N) is 1. The SMILES string of the molecule is CCCC(=O)Nc1ccc(NC(=O)c2cccs2)nc1. The van der Waals surface area contributed by atoms with Crippen LogP contribution in [0.2, 0.25) is 0 Å². The van der Waals surface area contributed by atoms with Gasteiger partial charge in [-0.1, -0.05) is 13.0 Å². The van der Waals surface area contributed by atoms with E-state index in [9.17, 15) is 9.59 Å². The molecule has 0 saturated carbocycles. The summed E-state index contributed by atoms with van der Waals surface area (Å²) >= 11 is 1.37. The van der Waals surface area contributed by atoms with Gasteiger partial charge in [-0.05, 0) is 30.0 Å². The molecule has 5 nitrogen and oxygen atoms in total. The summed E-state index contributed by atoms with van der Waals surface area (Å²) in [6.07, 6.45) is 2.81. The first-order valence-electron chi connectivity index (χ1n) is 6.30. The van der Waals surface area contributed by atoms with E-state index < -0.39 is 0 Å². The Morgan fingerprint density at radius 3 is 2.70 bits per heavy atom. The molecule has 0 spiro atoms. The molecule has 0 aliphatic carbocycles. The fourth-order valence-corrected chi connectivity index (χ4v) is 2.20. The molecule has 0 atom stereocenters. The van der Waals surface area contributed by atoms with Crippen LogP contribution >= 0.6 is 11.3 Å². The van der Waals surface area contributed by atoms with E-state index >= 15 is 0 Å². The molecule has 2 amide bonds. The van der Waals surface area contributed by atoms with Gasteiger partial charge in [0.15, 0.2) is 0 Å². The van der Waals surface area contributed by atoms with Crippen LogP contribution in [0.4, 0.5) is 11.5 Å². The Labute approximate surface area is 121 Å². The smallest absolute Gasteiger partial charge is 0.266 e. The predicted molar refractivity (Wildman–Crippen MR) is 80.0 cm³/mol. The number of carbonyl (C=O) groups is 2. The van der Waals surface area contributed by atoms with Crippen molar-refractivity contribution < 1.29 is 9.59 Å². The van der Waals surface area contributed by atoms with Crippen molar-refractivity contribution in [1.29, 1.82) is 0 Å². The molecule has 2 N–H and O–H groups in total. The van der Waals surface area contributed by atoms with Crippen LogP contribution in [-0.2, 0) is 4.79 Å². The van der Waals surface area contributed by atoms with Gasteiger partial charge in [0.1, 0.15) is 5.82 Å². The summed E-state index contributed by atoms with van der Waals surface area (Å²) in [6, 6.07) is 6.94. The van der Waals surface area contributed by atoms with E-state index in [1.165, 1.54) is 17.5 Å². The van der Waals surface area contributed by atoms with Crippen LogP contribution < -0.4 is 10.6 Å². The lowest BCUT2D eigenvalue weighted by molar-refractivity contribution is -0.116. The number of anilines is 2. The van der Waals surface area contributed by atoms with Crippen molar-refractivity contribution in [3.63, 3.8) is 0 Å². The fraction of sp³-hybridized carbons (Fsp3) is 0.214. The normalized spacial score (nSPS) is 10.1. The molecule has 2 rings (SSSR count). The van der Waals surface area contributed by atoms with Crippen LogP contribution in [0.3, 0.4) is 0 Å². The van der Waals surface area contributed by atoms with Gasteiger partial charge >= 0.3 is 0 Å². The summed E-state index contributed by atoms with van der Waals surface area (Å²) in [5, 5.41) is 7.28. The zero-order chi connectivity index (χ0) is 14.4. The van der Waals surface area contributed by atoms with Crippen molar-refractivity contribution in [3.8, 4) is 0 Å². The maximum atomic E-state index is 11.8. The maximum Gasteiger partial charge on any atom is 0.266 e. The van der Waals surface area contributed by atoms with Gasteiger partial charge < -0.3 is 10.6 Å². The van der Waals surface area contributed by atoms with E-state index in [2.05, 4.69) is 15.6 Å². The largest absolute Gasteiger partial charge is 0.325 e. The van der Waals surface area contributed by atoms with Gasteiger partial charge in [-0.2, -0.15) is 0 Å². The van der Waals surface area contributed by atoms with Crippen molar-refractivity contribution in [2.75, 3.05) is 10.6 Å². The molecule has 0 fully saturated rings. The predicted octanol–water partition coefficient (Wildman–Crippen LogP) is 3.13. The number of amides is 2. The van der Waals surface area contributed by atoms with E-state index in [1.807, 2.05) is 18.4 Å². The second-order valence-corrected chi connectivity index (χ2v) is 5.11. The minimum Gasteiger partial charge on any atom is -0.325 e. The van der Waals surface area contributed by atoms with E-state index in [0.29, 0.717) is 22.8 Å². The highest BCUT2D eigenvalue weighted by molar-refractivity contribution is 7.12. The first kappa shape index (κ1) is 14.2. The lowest BCUT2D eigenvalue weighted by Gasteiger charge is -2.06. The van der Waals surface area contributed by atoms with Crippen LogP contribution in [0.1, 0.15) is 29.4 Å². The van der Waals surface area contributed by atoms with Crippen molar-refractivity contribution >= 4 is 34.7 Å². The molecular formula is C14H15N3O2S. The third kappa shape index (κ3) is 3.89. The van der Waals surface area contributed by atoms with E-state index in [1.54, 1.807) is 18.2 Å². The van der Waals surface area contributed by atoms with Gasteiger partial charge in [-0.15, -0.1) is 11.3 Å². The van der Waals surface area contributed by atoms with Crippen LogP contribution in [0, 0.1) is 0 Å². The third-order valence-electron chi connectivity index (χ3n) is 2.51. The maximum absolute atomic E-state index is 11.8.